The molecule has 0 bridgehead atoms. The van der Waals surface area contributed by atoms with Gasteiger partial charge in [-0.25, -0.2) is 4.98 Å². The Morgan fingerprint density at radius 3 is 3.00 bits per heavy atom. The van der Waals surface area contributed by atoms with Crippen LogP contribution >= 0.6 is 0 Å². The molecule has 0 aliphatic heterocycles. The number of nitrogens with two attached hydrogens (primary N) is 1. The average molecular weight is 235 g/mol. The molecule has 8 heteroatoms. The third kappa shape index (κ3) is 2.68. The van der Waals surface area contributed by atoms with E-state index in [1.54, 1.807) is 6.07 Å². The van der Waals surface area contributed by atoms with E-state index in [1.807, 2.05) is 0 Å². The van der Waals surface area contributed by atoms with Gasteiger partial charge in [-0.15, -0.1) is 0 Å². The molecule has 0 aromatic carbocycles. The molecular formula is C9H9N5O3. The van der Waals surface area contributed by atoms with E-state index in [-0.39, 0.29) is 11.5 Å². The quantitative estimate of drug-likeness (QED) is 0.602. The number of nitro groups is 1. The highest BCUT2D eigenvalue weighted by molar-refractivity contribution is 5.52. The Labute approximate surface area is 95.6 Å². The molecule has 2 heterocycles. The van der Waals surface area contributed by atoms with Gasteiger partial charge in [0.1, 0.15) is 11.6 Å². The zero-order chi connectivity index (χ0) is 12.3. The van der Waals surface area contributed by atoms with E-state index in [0.717, 1.165) is 0 Å². The van der Waals surface area contributed by atoms with Crippen LogP contribution < -0.4 is 11.1 Å². The first-order valence-electron chi connectivity index (χ1n) is 4.70. The Balaban J connectivity index is 2.13. The second-order valence-electron chi connectivity index (χ2n) is 3.22. The Kier molecular flexibility index (Phi) is 2.86. The summed E-state index contributed by atoms with van der Waals surface area (Å²) in [6.07, 6.45) is 1.51. The average Bonchev–Trinajstić information content (AvgIpc) is 2.78. The summed E-state index contributed by atoms with van der Waals surface area (Å²) in [7, 11) is 0. The van der Waals surface area contributed by atoms with Crippen molar-refractivity contribution in [1.29, 1.82) is 0 Å². The minimum Gasteiger partial charge on any atom is -0.383 e. The van der Waals surface area contributed by atoms with Crippen LogP contribution in [0.3, 0.4) is 0 Å². The number of aromatic nitrogens is 2. The molecule has 17 heavy (non-hydrogen) atoms. The lowest BCUT2D eigenvalue weighted by Gasteiger charge is -2.03. The largest absolute Gasteiger partial charge is 0.383 e. The van der Waals surface area contributed by atoms with Gasteiger partial charge in [0, 0.05) is 6.07 Å². The van der Waals surface area contributed by atoms with Crippen molar-refractivity contribution in [1.82, 2.24) is 10.1 Å². The van der Waals surface area contributed by atoms with Gasteiger partial charge in [-0.3, -0.25) is 10.1 Å². The number of pyridine rings is 1. The number of rotatable bonds is 4. The normalized spacial score (nSPS) is 10.1. The lowest BCUT2D eigenvalue weighted by Crippen LogP contribution is -2.03. The van der Waals surface area contributed by atoms with Crippen LogP contribution in [-0.2, 0) is 6.54 Å². The van der Waals surface area contributed by atoms with Crippen molar-refractivity contribution < 1.29 is 9.45 Å². The molecule has 0 saturated heterocycles. The second kappa shape index (κ2) is 4.47. The van der Waals surface area contributed by atoms with E-state index in [9.17, 15) is 10.1 Å². The summed E-state index contributed by atoms with van der Waals surface area (Å²) in [5.74, 6) is 0.990. The Morgan fingerprint density at radius 2 is 2.35 bits per heavy atom. The Morgan fingerprint density at radius 1 is 1.53 bits per heavy atom. The lowest BCUT2D eigenvalue weighted by atomic mass is 10.3. The van der Waals surface area contributed by atoms with Gasteiger partial charge < -0.3 is 15.6 Å². The standard InChI is InChI=1S/C9H9N5O3/c10-8-3-6(14(15)16)4-9(13-8)11-5-7-1-2-12-17-7/h1-4H,5H2,(H3,10,11,13). The van der Waals surface area contributed by atoms with Crippen LogP contribution in [0.1, 0.15) is 5.76 Å². The van der Waals surface area contributed by atoms with E-state index >= 15 is 0 Å². The van der Waals surface area contributed by atoms with Gasteiger partial charge >= 0.3 is 0 Å². The summed E-state index contributed by atoms with van der Waals surface area (Å²) in [6.45, 7) is 0.327. The molecule has 0 saturated carbocycles. The fourth-order valence-electron chi connectivity index (χ4n) is 1.24. The smallest absolute Gasteiger partial charge is 0.276 e. The summed E-state index contributed by atoms with van der Waals surface area (Å²) < 4.78 is 4.86. The van der Waals surface area contributed by atoms with Crippen LogP contribution in [0.25, 0.3) is 0 Å². The monoisotopic (exact) mass is 235 g/mol. The molecule has 0 amide bonds. The van der Waals surface area contributed by atoms with Gasteiger partial charge in [-0.1, -0.05) is 5.16 Å². The molecule has 0 spiro atoms. The summed E-state index contributed by atoms with van der Waals surface area (Å²) in [5, 5.41) is 17.0. The number of hydrogen-bond donors (Lipinski definition) is 2. The van der Waals surface area contributed by atoms with Gasteiger partial charge in [-0.2, -0.15) is 0 Å². The number of nitrogens with one attached hydrogen (secondary N) is 1. The molecule has 88 valence electrons. The minimum absolute atomic E-state index is 0.0827. The maximum atomic E-state index is 10.6. The van der Waals surface area contributed by atoms with Crippen LogP contribution in [-0.4, -0.2) is 15.1 Å². The molecule has 8 nitrogen and oxygen atoms in total. The van der Waals surface area contributed by atoms with E-state index in [2.05, 4.69) is 15.5 Å². The molecule has 0 fully saturated rings. The van der Waals surface area contributed by atoms with Crippen molar-refractivity contribution in [3.8, 4) is 0 Å². The van der Waals surface area contributed by atoms with Crippen LogP contribution in [0.2, 0.25) is 0 Å². The first kappa shape index (κ1) is 10.9. The van der Waals surface area contributed by atoms with Crippen molar-refractivity contribution in [2.24, 2.45) is 0 Å². The SMILES string of the molecule is Nc1cc([N+](=O)[O-])cc(NCc2ccno2)n1. The zero-order valence-corrected chi connectivity index (χ0v) is 8.66. The molecule has 0 aliphatic rings. The van der Waals surface area contributed by atoms with E-state index in [0.29, 0.717) is 18.1 Å². The molecule has 2 aromatic heterocycles. The Bertz CT molecular complexity index is 525. The van der Waals surface area contributed by atoms with Gasteiger partial charge in [0.25, 0.3) is 5.69 Å². The number of hydrogen-bond acceptors (Lipinski definition) is 7. The predicted octanol–water partition coefficient (Wildman–Crippen LogP) is 1.17. The fourth-order valence-corrected chi connectivity index (χ4v) is 1.24. The van der Waals surface area contributed by atoms with Gasteiger partial charge in [0.05, 0.1) is 29.8 Å². The van der Waals surface area contributed by atoms with Gasteiger partial charge in [-0.05, 0) is 0 Å². The minimum atomic E-state index is -0.530. The molecule has 0 radical (unpaired) electrons. The highest BCUT2D eigenvalue weighted by atomic mass is 16.6. The maximum Gasteiger partial charge on any atom is 0.276 e. The third-order valence-corrected chi connectivity index (χ3v) is 1.98. The summed E-state index contributed by atoms with van der Waals surface area (Å²) >= 11 is 0. The summed E-state index contributed by atoms with van der Waals surface area (Å²) in [4.78, 5) is 14.0. The van der Waals surface area contributed by atoms with Crippen LogP contribution in [0.4, 0.5) is 17.3 Å². The van der Waals surface area contributed by atoms with Crippen molar-refractivity contribution in [3.05, 3.63) is 40.3 Å². The van der Waals surface area contributed by atoms with E-state index in [4.69, 9.17) is 10.3 Å². The molecule has 2 aromatic rings. The fraction of sp³-hybridized carbons (Fsp3) is 0.111. The van der Waals surface area contributed by atoms with Gasteiger partial charge in [0.15, 0.2) is 5.76 Å². The van der Waals surface area contributed by atoms with Gasteiger partial charge in [0.2, 0.25) is 0 Å². The van der Waals surface area contributed by atoms with Crippen molar-refractivity contribution in [3.63, 3.8) is 0 Å². The van der Waals surface area contributed by atoms with E-state index in [1.165, 1.54) is 18.3 Å². The first-order valence-corrected chi connectivity index (χ1v) is 4.70. The number of nitrogens with zero attached hydrogens (tertiary/aromatic N) is 3. The van der Waals surface area contributed by atoms with Crippen LogP contribution in [0.15, 0.2) is 28.9 Å². The highest BCUT2D eigenvalue weighted by Gasteiger charge is 2.09. The molecular weight excluding hydrogens is 226 g/mol. The second-order valence-corrected chi connectivity index (χ2v) is 3.22. The maximum absolute atomic E-state index is 10.6. The summed E-state index contributed by atoms with van der Waals surface area (Å²) in [5.41, 5.74) is 5.34. The topological polar surface area (TPSA) is 120 Å². The lowest BCUT2D eigenvalue weighted by molar-refractivity contribution is -0.384. The number of anilines is 2. The third-order valence-electron chi connectivity index (χ3n) is 1.98. The molecule has 0 aliphatic carbocycles. The van der Waals surface area contributed by atoms with E-state index < -0.39 is 4.92 Å². The number of nitrogen functional groups attached to an aromatic ring is 1. The first-order chi connectivity index (χ1) is 8.15. The van der Waals surface area contributed by atoms with Crippen LogP contribution in [0, 0.1) is 10.1 Å². The van der Waals surface area contributed by atoms with Crippen LogP contribution in [0.5, 0.6) is 0 Å². The molecule has 0 unspecified atom stereocenters. The molecule has 3 N–H and O–H groups in total. The zero-order valence-electron chi connectivity index (χ0n) is 8.66. The van der Waals surface area contributed by atoms with Crippen molar-refractivity contribution in [2.75, 3.05) is 11.1 Å². The summed E-state index contributed by atoms with van der Waals surface area (Å²) in [6, 6.07) is 4.17. The van der Waals surface area contributed by atoms with Crippen molar-refractivity contribution >= 4 is 17.3 Å². The molecule has 2 rings (SSSR count). The van der Waals surface area contributed by atoms with Crippen molar-refractivity contribution in [2.45, 2.75) is 6.54 Å². The highest BCUT2D eigenvalue weighted by Crippen LogP contribution is 2.19. The Hall–Kier alpha value is -2.64. The predicted molar refractivity (Wildman–Crippen MR) is 59.1 cm³/mol. The molecule has 0 atom stereocenters.